The normalized spacial score (nSPS) is 17.7. The Bertz CT molecular complexity index is 636. The van der Waals surface area contributed by atoms with E-state index in [2.05, 4.69) is 9.97 Å². The summed E-state index contributed by atoms with van der Waals surface area (Å²) in [4.78, 5) is 22.8. The second kappa shape index (κ2) is 4.89. The number of rotatable bonds is 3. The summed E-state index contributed by atoms with van der Waals surface area (Å²) in [5.41, 5.74) is 2.31. The molecule has 2 heterocycles. The van der Waals surface area contributed by atoms with Crippen molar-refractivity contribution in [2.24, 2.45) is 0 Å². The highest BCUT2D eigenvalue weighted by atomic mass is 32.1. The first-order valence-electron chi connectivity index (χ1n) is 6.59. The van der Waals surface area contributed by atoms with Gasteiger partial charge in [0.15, 0.2) is 0 Å². The van der Waals surface area contributed by atoms with Gasteiger partial charge in [0.25, 0.3) is 0 Å². The first-order valence-corrected chi connectivity index (χ1v) is 7.40. The molecule has 1 unspecified atom stereocenters. The molecule has 0 N–H and O–H groups in total. The van der Waals surface area contributed by atoms with E-state index in [-0.39, 0.29) is 11.9 Å². The van der Waals surface area contributed by atoms with Gasteiger partial charge < -0.3 is 4.74 Å². The van der Waals surface area contributed by atoms with E-state index in [1.807, 2.05) is 13.8 Å². The van der Waals surface area contributed by atoms with Crippen molar-refractivity contribution in [1.82, 2.24) is 9.97 Å². The van der Waals surface area contributed by atoms with E-state index in [4.69, 9.17) is 4.74 Å². The second-order valence-electron chi connectivity index (χ2n) is 4.82. The van der Waals surface area contributed by atoms with E-state index in [0.29, 0.717) is 13.0 Å². The third-order valence-electron chi connectivity index (χ3n) is 3.64. The Morgan fingerprint density at radius 2 is 2.37 bits per heavy atom. The molecule has 0 fully saturated rings. The zero-order valence-electron chi connectivity index (χ0n) is 11.1. The van der Waals surface area contributed by atoms with Gasteiger partial charge in [0.1, 0.15) is 11.2 Å². The molecule has 1 atom stereocenters. The molecule has 0 aromatic carbocycles. The molecule has 0 spiro atoms. The predicted molar refractivity (Wildman–Crippen MR) is 74.5 cm³/mol. The van der Waals surface area contributed by atoms with Gasteiger partial charge in [-0.3, -0.25) is 4.79 Å². The minimum absolute atomic E-state index is 0.103. The van der Waals surface area contributed by atoms with Gasteiger partial charge in [-0.05, 0) is 38.2 Å². The molecule has 2 aromatic rings. The molecule has 1 aliphatic rings. The van der Waals surface area contributed by atoms with Gasteiger partial charge in [-0.15, -0.1) is 11.3 Å². The molecule has 100 valence electrons. The van der Waals surface area contributed by atoms with Crippen molar-refractivity contribution in [3.63, 3.8) is 0 Å². The molecular formula is C14H16N2O2S. The summed E-state index contributed by atoms with van der Waals surface area (Å²) in [5, 5.41) is 1.16. The number of ether oxygens (including phenoxy) is 1. The lowest BCUT2D eigenvalue weighted by Crippen LogP contribution is -2.08. The number of aryl methyl sites for hydroxylation is 2. The van der Waals surface area contributed by atoms with Crippen LogP contribution >= 0.6 is 11.3 Å². The van der Waals surface area contributed by atoms with Crippen LogP contribution in [0.15, 0.2) is 6.33 Å². The second-order valence-corrected chi connectivity index (χ2v) is 5.91. The van der Waals surface area contributed by atoms with Crippen LogP contribution in [0.5, 0.6) is 0 Å². The standard InChI is InChI=1S/C14H16N2O2S/c1-3-18-11(17)6-9-4-5-10-13(9)12-8(2)15-7-16-14(12)19-10/h7,9H,3-6H2,1-2H3. The van der Waals surface area contributed by atoms with Crippen LogP contribution in [0.1, 0.15) is 41.8 Å². The van der Waals surface area contributed by atoms with Gasteiger partial charge in [-0.1, -0.05) is 0 Å². The molecular weight excluding hydrogens is 260 g/mol. The number of fused-ring (bicyclic) bond motifs is 3. The fourth-order valence-corrected chi connectivity index (χ4v) is 4.13. The molecule has 0 saturated heterocycles. The number of aromatic nitrogens is 2. The molecule has 0 amide bonds. The maximum Gasteiger partial charge on any atom is 0.306 e. The Labute approximate surface area is 115 Å². The number of hydrogen-bond donors (Lipinski definition) is 0. The summed E-state index contributed by atoms with van der Waals surface area (Å²) in [6, 6.07) is 0. The molecule has 0 bridgehead atoms. The van der Waals surface area contributed by atoms with Crippen LogP contribution < -0.4 is 0 Å². The number of carbonyl (C=O) groups is 1. The quantitative estimate of drug-likeness (QED) is 0.809. The molecule has 2 aromatic heterocycles. The molecule has 3 rings (SSSR count). The lowest BCUT2D eigenvalue weighted by molar-refractivity contribution is -0.143. The van der Waals surface area contributed by atoms with E-state index >= 15 is 0 Å². The highest BCUT2D eigenvalue weighted by Crippen LogP contribution is 2.45. The average molecular weight is 276 g/mol. The van der Waals surface area contributed by atoms with E-state index in [0.717, 1.165) is 28.8 Å². The zero-order valence-corrected chi connectivity index (χ0v) is 11.9. The van der Waals surface area contributed by atoms with Gasteiger partial charge >= 0.3 is 5.97 Å². The third kappa shape index (κ3) is 2.12. The topological polar surface area (TPSA) is 52.1 Å². The van der Waals surface area contributed by atoms with Crippen LogP contribution in [0, 0.1) is 6.92 Å². The molecule has 0 saturated carbocycles. The number of thiophene rings is 1. The highest BCUT2D eigenvalue weighted by Gasteiger charge is 2.30. The molecule has 1 aliphatic carbocycles. The van der Waals surface area contributed by atoms with Crippen LogP contribution in [0.25, 0.3) is 10.2 Å². The molecule has 5 heteroatoms. The van der Waals surface area contributed by atoms with Crippen LogP contribution in [0.4, 0.5) is 0 Å². The maximum absolute atomic E-state index is 11.7. The minimum Gasteiger partial charge on any atom is -0.466 e. The Kier molecular flexibility index (Phi) is 3.22. The number of hydrogen-bond acceptors (Lipinski definition) is 5. The van der Waals surface area contributed by atoms with Crippen molar-refractivity contribution in [2.75, 3.05) is 6.61 Å². The van der Waals surface area contributed by atoms with E-state index in [1.165, 1.54) is 10.4 Å². The fourth-order valence-electron chi connectivity index (χ4n) is 2.84. The van der Waals surface area contributed by atoms with Crippen LogP contribution in [0.2, 0.25) is 0 Å². The average Bonchev–Trinajstić information content (AvgIpc) is 2.90. The lowest BCUT2D eigenvalue weighted by atomic mass is 9.97. The van der Waals surface area contributed by atoms with Crippen LogP contribution in [-0.4, -0.2) is 22.5 Å². The molecule has 4 nitrogen and oxygen atoms in total. The van der Waals surface area contributed by atoms with Crippen molar-refractivity contribution in [1.29, 1.82) is 0 Å². The zero-order chi connectivity index (χ0) is 13.4. The maximum atomic E-state index is 11.7. The Morgan fingerprint density at radius 1 is 1.53 bits per heavy atom. The summed E-state index contributed by atoms with van der Waals surface area (Å²) < 4.78 is 5.07. The smallest absolute Gasteiger partial charge is 0.306 e. The van der Waals surface area contributed by atoms with Crippen molar-refractivity contribution in [2.45, 2.75) is 39.0 Å². The first-order chi connectivity index (χ1) is 9.20. The first kappa shape index (κ1) is 12.5. The van der Waals surface area contributed by atoms with Crippen molar-refractivity contribution < 1.29 is 9.53 Å². The summed E-state index contributed by atoms with van der Waals surface area (Å²) in [5.74, 6) is 0.168. The van der Waals surface area contributed by atoms with Gasteiger partial charge in [0, 0.05) is 16.0 Å². The predicted octanol–water partition coefficient (Wildman–Crippen LogP) is 2.98. The monoisotopic (exact) mass is 276 g/mol. The Balaban J connectivity index is 1.99. The molecule has 19 heavy (non-hydrogen) atoms. The number of nitrogens with zero attached hydrogens (tertiary/aromatic N) is 2. The van der Waals surface area contributed by atoms with Crippen LogP contribution in [0.3, 0.4) is 0 Å². The summed E-state index contributed by atoms with van der Waals surface area (Å²) in [7, 11) is 0. The van der Waals surface area contributed by atoms with Crippen molar-refractivity contribution in [3.8, 4) is 0 Å². The summed E-state index contributed by atoms with van der Waals surface area (Å²) in [6.45, 7) is 4.30. The fraction of sp³-hybridized carbons (Fsp3) is 0.500. The largest absolute Gasteiger partial charge is 0.466 e. The molecule has 0 aliphatic heterocycles. The number of carbonyl (C=O) groups excluding carboxylic acids is 1. The highest BCUT2D eigenvalue weighted by molar-refractivity contribution is 7.18. The van der Waals surface area contributed by atoms with Crippen molar-refractivity contribution in [3.05, 3.63) is 22.5 Å². The molecule has 0 radical (unpaired) electrons. The van der Waals surface area contributed by atoms with Gasteiger partial charge in [-0.2, -0.15) is 0 Å². The Morgan fingerprint density at radius 3 is 3.16 bits per heavy atom. The van der Waals surface area contributed by atoms with Gasteiger partial charge in [0.05, 0.1) is 13.0 Å². The van der Waals surface area contributed by atoms with Crippen LogP contribution in [-0.2, 0) is 16.0 Å². The Hall–Kier alpha value is -1.49. The van der Waals surface area contributed by atoms with E-state index in [9.17, 15) is 4.79 Å². The SMILES string of the molecule is CCOC(=O)CC1CCc2sc3ncnc(C)c3c21. The minimum atomic E-state index is -0.103. The van der Waals surface area contributed by atoms with Crippen molar-refractivity contribution >= 4 is 27.5 Å². The van der Waals surface area contributed by atoms with E-state index in [1.54, 1.807) is 17.7 Å². The number of esters is 1. The summed E-state index contributed by atoms with van der Waals surface area (Å²) in [6.07, 6.45) is 4.16. The van der Waals surface area contributed by atoms with E-state index < -0.39 is 0 Å². The summed E-state index contributed by atoms with van der Waals surface area (Å²) >= 11 is 1.74. The van der Waals surface area contributed by atoms with Gasteiger partial charge in [-0.25, -0.2) is 9.97 Å². The lowest BCUT2D eigenvalue weighted by Gasteiger charge is -2.10. The van der Waals surface area contributed by atoms with Gasteiger partial charge in [0.2, 0.25) is 0 Å². The third-order valence-corrected chi connectivity index (χ3v) is 4.81.